The van der Waals surface area contributed by atoms with Crippen LogP contribution in [0.25, 0.3) is 11.3 Å². The lowest BCUT2D eigenvalue weighted by atomic mass is 9.88. The predicted molar refractivity (Wildman–Crippen MR) is 95.6 cm³/mol. The van der Waals surface area contributed by atoms with E-state index >= 15 is 4.39 Å². The Bertz CT molecular complexity index is 785. The van der Waals surface area contributed by atoms with Crippen LogP contribution in [0.1, 0.15) is 37.9 Å². The molecule has 3 rings (SSSR count). The fourth-order valence-corrected chi connectivity index (χ4v) is 3.16. The summed E-state index contributed by atoms with van der Waals surface area (Å²) in [6.45, 7) is 2.99. The Morgan fingerprint density at radius 3 is 2.32 bits per heavy atom. The smallest absolute Gasteiger partial charge is 0.155 e. The first-order valence-electron chi connectivity index (χ1n) is 8.29. The molecule has 0 spiro atoms. The molecule has 1 aromatic carbocycles. The minimum absolute atomic E-state index is 0.00295. The number of aromatic nitrogens is 1. The molecule has 0 radical (unpaired) electrons. The summed E-state index contributed by atoms with van der Waals surface area (Å²) in [7, 11) is 0. The highest BCUT2D eigenvalue weighted by atomic mass is 35.5. The molecule has 0 aliphatic heterocycles. The molecule has 4 nitrogen and oxygen atoms in total. The maximum Gasteiger partial charge on any atom is 0.155 e. The molecule has 1 fully saturated rings. The highest BCUT2D eigenvalue weighted by molar-refractivity contribution is 6.30. The maximum absolute atomic E-state index is 15.1. The quantitative estimate of drug-likeness (QED) is 0.760. The number of pyridine rings is 1. The Morgan fingerprint density at radius 1 is 1.24 bits per heavy atom. The average Bonchev–Trinajstić information content (AvgIpc) is 3.39. The zero-order valence-corrected chi connectivity index (χ0v) is 15.0. The molecular formula is C19H22ClFN2O2. The monoisotopic (exact) mass is 364 g/mol. The van der Waals surface area contributed by atoms with Gasteiger partial charge in [-0.3, -0.25) is 0 Å². The second-order valence-corrected chi connectivity index (χ2v) is 7.62. The number of hydrogen-bond donors (Lipinski definition) is 3. The first-order chi connectivity index (χ1) is 11.7. The highest BCUT2D eigenvalue weighted by Gasteiger charge is 2.46. The third kappa shape index (κ3) is 3.42. The van der Waals surface area contributed by atoms with Crippen LogP contribution in [0.4, 0.5) is 4.39 Å². The summed E-state index contributed by atoms with van der Waals surface area (Å²) in [6, 6.07) is 8.03. The van der Waals surface area contributed by atoms with Crippen molar-refractivity contribution in [2.24, 2.45) is 11.7 Å². The number of aliphatic hydroxyl groups is 2. The zero-order valence-electron chi connectivity index (χ0n) is 14.3. The fraction of sp³-hybridized carbons (Fsp3) is 0.421. The van der Waals surface area contributed by atoms with E-state index < -0.39 is 17.0 Å². The fourth-order valence-electron chi connectivity index (χ4n) is 3.04. The average molecular weight is 365 g/mol. The summed E-state index contributed by atoms with van der Waals surface area (Å²) in [5.74, 6) is -0.614. The van der Waals surface area contributed by atoms with Crippen molar-refractivity contribution < 1.29 is 14.6 Å². The normalized spacial score (nSPS) is 17.4. The molecule has 134 valence electrons. The summed E-state index contributed by atoms with van der Waals surface area (Å²) in [6.07, 6.45) is 1.70. The molecule has 4 N–H and O–H groups in total. The number of benzene rings is 1. The molecule has 25 heavy (non-hydrogen) atoms. The van der Waals surface area contributed by atoms with Crippen LogP contribution < -0.4 is 5.73 Å². The van der Waals surface area contributed by atoms with Crippen LogP contribution in [-0.4, -0.2) is 21.7 Å². The molecule has 6 heteroatoms. The van der Waals surface area contributed by atoms with Crippen molar-refractivity contribution in [2.75, 3.05) is 6.54 Å². The third-order valence-corrected chi connectivity index (χ3v) is 4.99. The van der Waals surface area contributed by atoms with Gasteiger partial charge < -0.3 is 15.9 Å². The molecule has 0 bridgehead atoms. The molecule has 1 heterocycles. The second-order valence-electron chi connectivity index (χ2n) is 7.19. The molecule has 2 aromatic rings. The molecule has 1 aliphatic carbocycles. The number of nitrogens with two attached hydrogens (primary N) is 1. The predicted octanol–water partition coefficient (Wildman–Crippen LogP) is 3.32. The van der Waals surface area contributed by atoms with E-state index in [9.17, 15) is 10.2 Å². The van der Waals surface area contributed by atoms with Crippen molar-refractivity contribution in [2.45, 2.75) is 37.9 Å². The van der Waals surface area contributed by atoms with E-state index in [4.69, 9.17) is 17.3 Å². The molecule has 0 amide bonds. The number of halogens is 2. The lowest BCUT2D eigenvalue weighted by molar-refractivity contribution is 0.0169. The van der Waals surface area contributed by atoms with Gasteiger partial charge in [-0.25, -0.2) is 9.37 Å². The van der Waals surface area contributed by atoms with Gasteiger partial charge in [0.25, 0.3) is 0 Å². The van der Waals surface area contributed by atoms with Crippen LogP contribution in [0.5, 0.6) is 0 Å². The van der Waals surface area contributed by atoms with E-state index in [0.717, 1.165) is 12.8 Å². The Kier molecular flexibility index (Phi) is 4.62. The van der Waals surface area contributed by atoms with Gasteiger partial charge in [-0.05, 0) is 50.8 Å². The first-order valence-corrected chi connectivity index (χ1v) is 8.67. The maximum atomic E-state index is 15.1. The number of nitrogens with zero attached hydrogens (tertiary/aromatic N) is 1. The number of rotatable bonds is 5. The lowest BCUT2D eigenvalue weighted by Crippen LogP contribution is -2.38. The lowest BCUT2D eigenvalue weighted by Gasteiger charge is -2.29. The van der Waals surface area contributed by atoms with Crippen molar-refractivity contribution in [1.82, 2.24) is 4.98 Å². The van der Waals surface area contributed by atoms with Crippen molar-refractivity contribution in [3.8, 4) is 11.3 Å². The minimum Gasteiger partial charge on any atom is -0.386 e. The van der Waals surface area contributed by atoms with Crippen LogP contribution in [0.2, 0.25) is 5.02 Å². The Balaban J connectivity index is 2.23. The van der Waals surface area contributed by atoms with Crippen LogP contribution in [-0.2, 0) is 11.2 Å². The van der Waals surface area contributed by atoms with Crippen LogP contribution in [0, 0.1) is 11.7 Å². The van der Waals surface area contributed by atoms with Gasteiger partial charge >= 0.3 is 0 Å². The van der Waals surface area contributed by atoms with Gasteiger partial charge in [-0.1, -0.05) is 23.7 Å². The first kappa shape index (κ1) is 18.3. The zero-order chi connectivity index (χ0) is 18.4. The SMILES string of the molecule is CC(C)(O)c1cc([C@@](O)(CN)C2CC2)nc(-c2ccc(Cl)cc2)c1F. The summed E-state index contributed by atoms with van der Waals surface area (Å²) >= 11 is 5.91. The summed E-state index contributed by atoms with van der Waals surface area (Å²) in [4.78, 5) is 4.39. The molecule has 1 aromatic heterocycles. The van der Waals surface area contributed by atoms with Gasteiger partial charge in [0, 0.05) is 22.7 Å². The standard InChI is InChI=1S/C19H22ClFN2O2/c1-18(2,24)14-9-15(19(25,10-22)12-5-6-12)23-17(16(14)21)11-3-7-13(20)8-4-11/h3-4,7-9,12,24-25H,5-6,10,22H2,1-2H3/t19-/m1/s1. The second kappa shape index (κ2) is 6.32. The topological polar surface area (TPSA) is 79.4 Å². The van der Waals surface area contributed by atoms with E-state index in [-0.39, 0.29) is 23.7 Å². The van der Waals surface area contributed by atoms with E-state index in [1.807, 2.05) is 0 Å². The Hall–Kier alpha value is -1.53. The largest absolute Gasteiger partial charge is 0.386 e. The molecule has 0 unspecified atom stereocenters. The Morgan fingerprint density at radius 2 is 1.84 bits per heavy atom. The van der Waals surface area contributed by atoms with Gasteiger partial charge in [-0.2, -0.15) is 0 Å². The van der Waals surface area contributed by atoms with E-state index in [1.54, 1.807) is 24.3 Å². The highest BCUT2D eigenvalue weighted by Crippen LogP contribution is 2.46. The summed E-state index contributed by atoms with van der Waals surface area (Å²) < 4.78 is 15.1. The van der Waals surface area contributed by atoms with Crippen LogP contribution in [0.15, 0.2) is 30.3 Å². The van der Waals surface area contributed by atoms with Crippen molar-refractivity contribution >= 4 is 11.6 Å². The van der Waals surface area contributed by atoms with Crippen LogP contribution >= 0.6 is 11.6 Å². The van der Waals surface area contributed by atoms with Crippen LogP contribution in [0.3, 0.4) is 0 Å². The van der Waals surface area contributed by atoms with E-state index in [0.29, 0.717) is 16.3 Å². The third-order valence-electron chi connectivity index (χ3n) is 4.74. The van der Waals surface area contributed by atoms with Crippen molar-refractivity contribution in [1.29, 1.82) is 0 Å². The summed E-state index contributed by atoms with van der Waals surface area (Å²) in [5, 5.41) is 21.9. The van der Waals surface area contributed by atoms with Gasteiger partial charge in [0.05, 0.1) is 11.3 Å². The van der Waals surface area contributed by atoms with Gasteiger partial charge in [0.2, 0.25) is 0 Å². The van der Waals surface area contributed by atoms with Gasteiger partial charge in [0.15, 0.2) is 5.82 Å². The molecular weight excluding hydrogens is 343 g/mol. The summed E-state index contributed by atoms with van der Waals surface area (Å²) in [5.41, 5.74) is 4.03. The van der Waals surface area contributed by atoms with Gasteiger partial charge in [0.1, 0.15) is 11.3 Å². The number of hydrogen-bond acceptors (Lipinski definition) is 4. The minimum atomic E-state index is -1.43. The van der Waals surface area contributed by atoms with E-state index in [2.05, 4.69) is 4.98 Å². The molecule has 1 aliphatic rings. The van der Waals surface area contributed by atoms with Crippen molar-refractivity contribution in [3.05, 3.63) is 52.4 Å². The van der Waals surface area contributed by atoms with E-state index in [1.165, 1.54) is 19.9 Å². The molecule has 1 saturated carbocycles. The van der Waals surface area contributed by atoms with Gasteiger partial charge in [-0.15, -0.1) is 0 Å². The Labute approximate surface area is 151 Å². The molecule has 0 saturated heterocycles. The van der Waals surface area contributed by atoms with Crippen molar-refractivity contribution in [3.63, 3.8) is 0 Å². The molecule has 1 atom stereocenters.